The van der Waals surface area contributed by atoms with Crippen LogP contribution >= 0.6 is 0 Å². The Hall–Kier alpha value is -0.980. The number of nitrogens with zero attached hydrogens (tertiary/aromatic N) is 2. The molecule has 0 spiro atoms. The van der Waals surface area contributed by atoms with Gasteiger partial charge in [0.2, 0.25) is 11.8 Å². The van der Waals surface area contributed by atoms with E-state index in [2.05, 4.69) is 10.2 Å². The molecule has 1 aromatic heterocycles. The summed E-state index contributed by atoms with van der Waals surface area (Å²) < 4.78 is 16.4. The van der Waals surface area contributed by atoms with Crippen LogP contribution in [0.4, 0.5) is 0 Å². The van der Waals surface area contributed by atoms with Gasteiger partial charge < -0.3 is 19.6 Å². The van der Waals surface area contributed by atoms with E-state index in [9.17, 15) is 0 Å². The minimum atomic E-state index is -0.837. The maximum atomic E-state index is 6.12. The molecule has 0 atom stereocenters. The van der Waals surface area contributed by atoms with Crippen LogP contribution in [-0.2, 0) is 21.4 Å². The fraction of sp³-hybridized carbons (Fsp3) is 0.800. The number of hydrogen-bond donors (Lipinski definition) is 1. The highest BCUT2D eigenvalue weighted by Gasteiger charge is 2.42. The molecular formula is C10H17N3O3. The van der Waals surface area contributed by atoms with E-state index in [0.29, 0.717) is 31.4 Å². The zero-order valence-corrected chi connectivity index (χ0v) is 9.82. The van der Waals surface area contributed by atoms with Crippen LogP contribution in [0.5, 0.6) is 0 Å². The second kappa shape index (κ2) is 3.80. The number of rotatable bonds is 2. The average Bonchev–Trinajstić information content (AvgIpc) is 2.72. The van der Waals surface area contributed by atoms with Gasteiger partial charge in [-0.25, -0.2) is 0 Å². The van der Waals surface area contributed by atoms with Crippen molar-refractivity contribution in [3.05, 3.63) is 11.8 Å². The molecule has 1 aliphatic heterocycles. The highest BCUT2D eigenvalue weighted by molar-refractivity contribution is 5.03. The zero-order valence-electron chi connectivity index (χ0n) is 9.82. The maximum absolute atomic E-state index is 6.12. The normalized spacial score (nSPS) is 23.2. The van der Waals surface area contributed by atoms with Gasteiger partial charge in [-0.2, -0.15) is 0 Å². The number of aryl methyl sites for hydroxylation is 1. The van der Waals surface area contributed by atoms with Crippen molar-refractivity contribution in [2.24, 2.45) is 5.73 Å². The van der Waals surface area contributed by atoms with Crippen molar-refractivity contribution in [3.8, 4) is 0 Å². The topological polar surface area (TPSA) is 83.4 Å². The Morgan fingerprint density at radius 2 is 1.88 bits per heavy atom. The molecule has 1 aromatic rings. The Kier molecular flexibility index (Phi) is 2.73. The van der Waals surface area contributed by atoms with Gasteiger partial charge in [-0.05, 0) is 13.8 Å². The van der Waals surface area contributed by atoms with Crippen LogP contribution in [0.15, 0.2) is 4.42 Å². The second-order valence-electron chi connectivity index (χ2n) is 4.49. The van der Waals surface area contributed by atoms with Crippen LogP contribution in [0, 0.1) is 0 Å². The van der Waals surface area contributed by atoms with Crippen molar-refractivity contribution in [2.45, 2.75) is 38.5 Å². The van der Waals surface area contributed by atoms with Gasteiger partial charge in [0.05, 0.1) is 13.2 Å². The van der Waals surface area contributed by atoms with Gasteiger partial charge in [0.15, 0.2) is 5.79 Å². The largest absolute Gasteiger partial charge is 0.423 e. The molecule has 1 aliphatic rings. The molecule has 2 N–H and O–H groups in total. The molecule has 6 nitrogen and oxygen atoms in total. The minimum absolute atomic E-state index is 0.311. The maximum Gasteiger partial charge on any atom is 0.241 e. The molecule has 0 unspecified atom stereocenters. The van der Waals surface area contributed by atoms with Gasteiger partial charge >= 0.3 is 0 Å². The van der Waals surface area contributed by atoms with Gasteiger partial charge in [0, 0.05) is 6.42 Å². The monoisotopic (exact) mass is 227 g/mol. The fourth-order valence-corrected chi connectivity index (χ4v) is 1.41. The zero-order chi connectivity index (χ0) is 11.8. The van der Waals surface area contributed by atoms with E-state index >= 15 is 0 Å². The quantitative estimate of drug-likeness (QED) is 0.795. The highest BCUT2D eigenvalue weighted by atomic mass is 16.7. The summed E-state index contributed by atoms with van der Waals surface area (Å²) in [6.07, 6.45) is 0.691. The van der Waals surface area contributed by atoms with E-state index in [1.54, 1.807) is 0 Å². The SMILES string of the molecule is CCc1nnc(C2(N)COC(C)(C)OC2)o1. The Balaban J connectivity index is 2.14. The first kappa shape index (κ1) is 11.5. The molecule has 16 heavy (non-hydrogen) atoms. The molecule has 0 bridgehead atoms. The summed E-state index contributed by atoms with van der Waals surface area (Å²) in [6.45, 7) is 6.25. The Morgan fingerprint density at radius 1 is 1.25 bits per heavy atom. The van der Waals surface area contributed by atoms with Crippen molar-refractivity contribution in [1.29, 1.82) is 0 Å². The molecule has 6 heteroatoms. The molecule has 0 radical (unpaired) electrons. The number of aromatic nitrogens is 2. The third-order valence-electron chi connectivity index (χ3n) is 2.55. The minimum Gasteiger partial charge on any atom is -0.423 e. The molecule has 1 fully saturated rings. The smallest absolute Gasteiger partial charge is 0.241 e. The van der Waals surface area contributed by atoms with E-state index in [4.69, 9.17) is 19.6 Å². The van der Waals surface area contributed by atoms with Gasteiger partial charge in [-0.15, -0.1) is 10.2 Å². The first-order valence-electron chi connectivity index (χ1n) is 5.35. The van der Waals surface area contributed by atoms with Gasteiger partial charge in [-0.1, -0.05) is 6.92 Å². The summed E-state index contributed by atoms with van der Waals surface area (Å²) in [5, 5.41) is 7.81. The van der Waals surface area contributed by atoms with Crippen LogP contribution in [0.25, 0.3) is 0 Å². The molecule has 1 saturated heterocycles. The lowest BCUT2D eigenvalue weighted by Gasteiger charge is -2.38. The van der Waals surface area contributed by atoms with Crippen molar-refractivity contribution in [1.82, 2.24) is 10.2 Å². The number of nitrogens with two attached hydrogens (primary N) is 1. The lowest BCUT2D eigenvalue weighted by atomic mass is 10.0. The Bertz CT molecular complexity index is 365. The molecule has 0 saturated carbocycles. The first-order chi connectivity index (χ1) is 7.45. The van der Waals surface area contributed by atoms with E-state index in [0.717, 1.165) is 0 Å². The molecule has 2 rings (SSSR count). The third kappa shape index (κ3) is 2.09. The Labute approximate surface area is 94.1 Å². The predicted octanol–water partition coefficient (Wildman–Crippen LogP) is 0.569. The van der Waals surface area contributed by atoms with Crippen molar-refractivity contribution in [3.63, 3.8) is 0 Å². The molecule has 0 amide bonds. The lowest BCUT2D eigenvalue weighted by molar-refractivity contribution is -0.271. The molecule has 2 heterocycles. The number of hydrogen-bond acceptors (Lipinski definition) is 6. The molecule has 0 aliphatic carbocycles. The average molecular weight is 227 g/mol. The Morgan fingerprint density at radius 3 is 2.38 bits per heavy atom. The molecule has 0 aromatic carbocycles. The van der Waals surface area contributed by atoms with Gasteiger partial charge in [-0.3, -0.25) is 0 Å². The van der Waals surface area contributed by atoms with Crippen LogP contribution < -0.4 is 5.73 Å². The second-order valence-corrected chi connectivity index (χ2v) is 4.49. The van der Waals surface area contributed by atoms with Gasteiger partial charge in [0.1, 0.15) is 5.54 Å². The molecular weight excluding hydrogens is 210 g/mol. The predicted molar refractivity (Wildman–Crippen MR) is 55.5 cm³/mol. The van der Waals surface area contributed by atoms with E-state index in [1.807, 2.05) is 20.8 Å². The van der Waals surface area contributed by atoms with Crippen molar-refractivity contribution < 1.29 is 13.9 Å². The highest BCUT2D eigenvalue weighted by Crippen LogP contribution is 2.28. The lowest BCUT2D eigenvalue weighted by Crippen LogP contribution is -2.54. The van der Waals surface area contributed by atoms with Crippen LogP contribution in [0.2, 0.25) is 0 Å². The summed E-state index contributed by atoms with van der Waals surface area (Å²) in [4.78, 5) is 0. The van der Waals surface area contributed by atoms with E-state index in [1.165, 1.54) is 0 Å². The van der Waals surface area contributed by atoms with E-state index < -0.39 is 11.3 Å². The van der Waals surface area contributed by atoms with Crippen LogP contribution in [0.1, 0.15) is 32.6 Å². The summed E-state index contributed by atoms with van der Waals surface area (Å²) in [6, 6.07) is 0. The van der Waals surface area contributed by atoms with Crippen molar-refractivity contribution >= 4 is 0 Å². The first-order valence-corrected chi connectivity index (χ1v) is 5.35. The summed E-state index contributed by atoms with van der Waals surface area (Å²) in [5.41, 5.74) is 5.29. The van der Waals surface area contributed by atoms with E-state index in [-0.39, 0.29) is 0 Å². The summed E-state index contributed by atoms with van der Waals surface area (Å²) in [7, 11) is 0. The van der Waals surface area contributed by atoms with Crippen molar-refractivity contribution in [2.75, 3.05) is 13.2 Å². The molecule has 90 valence electrons. The standard InChI is InChI=1S/C10H17N3O3/c1-4-7-12-13-8(16-7)10(11)5-14-9(2,3)15-6-10/h4-6,11H2,1-3H3. The third-order valence-corrected chi connectivity index (χ3v) is 2.55. The summed E-state index contributed by atoms with van der Waals surface area (Å²) >= 11 is 0. The fourth-order valence-electron chi connectivity index (χ4n) is 1.41. The summed E-state index contributed by atoms with van der Waals surface area (Å²) in [5.74, 6) is 0.348. The van der Waals surface area contributed by atoms with Crippen LogP contribution in [-0.4, -0.2) is 29.2 Å². The van der Waals surface area contributed by atoms with Gasteiger partial charge in [0.25, 0.3) is 0 Å². The van der Waals surface area contributed by atoms with Crippen LogP contribution in [0.3, 0.4) is 0 Å². The number of ether oxygens (including phenoxy) is 2.